The molecule has 0 saturated heterocycles. The summed E-state index contributed by atoms with van der Waals surface area (Å²) in [4.78, 5) is 30.8. The highest BCUT2D eigenvalue weighted by Gasteiger charge is 2.24. The van der Waals surface area contributed by atoms with Gasteiger partial charge >= 0.3 is 19.4 Å². The van der Waals surface area contributed by atoms with Crippen molar-refractivity contribution in [3.05, 3.63) is 53.5 Å². The predicted octanol–water partition coefficient (Wildman–Crippen LogP) is 2.06. The van der Waals surface area contributed by atoms with Crippen LogP contribution in [0.1, 0.15) is 47.3 Å². The Bertz CT molecular complexity index is 759. The van der Waals surface area contributed by atoms with Crippen molar-refractivity contribution in [1.29, 1.82) is 0 Å². The summed E-state index contributed by atoms with van der Waals surface area (Å²) in [6.45, 7) is 5.19. The summed E-state index contributed by atoms with van der Waals surface area (Å²) >= 11 is 0. The number of carboxylic acid groups (broad SMARTS) is 1. The normalized spacial score (nSPS) is 10.8. The molecule has 0 fully saturated rings. The van der Waals surface area contributed by atoms with Crippen LogP contribution in [0.2, 0.25) is 0 Å². The van der Waals surface area contributed by atoms with E-state index in [2.05, 4.69) is 9.97 Å². The van der Waals surface area contributed by atoms with Gasteiger partial charge in [-0.3, -0.25) is 0 Å². The van der Waals surface area contributed by atoms with Crippen molar-refractivity contribution in [2.45, 2.75) is 32.7 Å². The quantitative estimate of drug-likeness (QED) is 0.634. The fourth-order valence-corrected chi connectivity index (χ4v) is 1.96. The van der Waals surface area contributed by atoms with Crippen molar-refractivity contribution in [2.75, 3.05) is 0 Å². The van der Waals surface area contributed by atoms with Gasteiger partial charge in [0.2, 0.25) is 11.7 Å². The molecule has 1 aromatic heterocycles. The molecular formula is C17H19BN2O5. The summed E-state index contributed by atoms with van der Waals surface area (Å²) in [7, 11) is 0.232. The first-order valence-electron chi connectivity index (χ1n) is 7.76. The van der Waals surface area contributed by atoms with E-state index in [0.29, 0.717) is 6.32 Å². The van der Waals surface area contributed by atoms with Crippen LogP contribution in [0, 0.1) is 0 Å². The lowest BCUT2D eigenvalue weighted by atomic mass is 9.89. The molecule has 2 aromatic rings. The molecule has 0 amide bonds. The topological polar surface area (TPSA) is 98.6 Å². The van der Waals surface area contributed by atoms with Crippen LogP contribution in [-0.4, -0.2) is 40.1 Å². The average Bonchev–Trinajstić information content (AvgIpc) is 2.54. The molecule has 1 heterocycles. The molecule has 2 rings (SSSR count). The SMILES string of the molecule is CC(C)(C)OC(=O)c1cnc(C(=O)O)nc1OBCc1ccccc1. The maximum atomic E-state index is 12.3. The fraction of sp³-hybridized carbons (Fsp3) is 0.294. The molecule has 0 saturated carbocycles. The van der Waals surface area contributed by atoms with Gasteiger partial charge in [0.1, 0.15) is 11.2 Å². The van der Waals surface area contributed by atoms with E-state index in [9.17, 15) is 9.59 Å². The number of benzene rings is 1. The zero-order valence-electron chi connectivity index (χ0n) is 14.4. The summed E-state index contributed by atoms with van der Waals surface area (Å²) < 4.78 is 10.8. The standard InChI is InChI=1S/C17H19BN2O5/c1-17(2,3)24-16(23)12-10-19-13(15(21)22)20-14(12)25-18-9-11-7-5-4-6-8-11/h4-8,10,18H,9H2,1-3H3,(H,21,22). The van der Waals surface area contributed by atoms with Crippen molar-refractivity contribution < 1.29 is 24.1 Å². The lowest BCUT2D eigenvalue weighted by molar-refractivity contribution is 0.00659. The first-order chi connectivity index (χ1) is 11.8. The van der Waals surface area contributed by atoms with E-state index in [1.54, 1.807) is 20.8 Å². The number of ether oxygens (including phenoxy) is 1. The minimum Gasteiger partial charge on any atom is -0.550 e. The van der Waals surface area contributed by atoms with E-state index < -0.39 is 23.4 Å². The largest absolute Gasteiger partial charge is 0.550 e. The molecule has 25 heavy (non-hydrogen) atoms. The van der Waals surface area contributed by atoms with Gasteiger partial charge in [-0.25, -0.2) is 14.6 Å². The van der Waals surface area contributed by atoms with Gasteiger partial charge in [0.25, 0.3) is 0 Å². The van der Waals surface area contributed by atoms with Gasteiger partial charge in [0.05, 0.1) is 0 Å². The van der Waals surface area contributed by atoms with E-state index >= 15 is 0 Å². The highest BCUT2D eigenvalue weighted by Crippen LogP contribution is 2.19. The number of nitrogens with zero attached hydrogens (tertiary/aromatic N) is 2. The second-order valence-corrected chi connectivity index (χ2v) is 6.30. The monoisotopic (exact) mass is 342 g/mol. The molecule has 0 aliphatic carbocycles. The van der Waals surface area contributed by atoms with Gasteiger partial charge in [0.15, 0.2) is 0 Å². The number of carboxylic acids is 1. The third kappa shape index (κ3) is 5.60. The number of rotatable bonds is 6. The summed E-state index contributed by atoms with van der Waals surface area (Å²) in [5.41, 5.74) is 0.339. The number of hydrogen-bond acceptors (Lipinski definition) is 6. The van der Waals surface area contributed by atoms with Gasteiger partial charge in [-0.2, -0.15) is 4.98 Å². The Morgan fingerprint density at radius 1 is 1.20 bits per heavy atom. The first-order valence-corrected chi connectivity index (χ1v) is 7.76. The lowest BCUT2D eigenvalue weighted by Gasteiger charge is -2.20. The summed E-state index contributed by atoms with van der Waals surface area (Å²) in [6.07, 6.45) is 1.70. The lowest BCUT2D eigenvalue weighted by Crippen LogP contribution is -2.25. The van der Waals surface area contributed by atoms with Gasteiger partial charge in [-0.1, -0.05) is 35.9 Å². The second-order valence-electron chi connectivity index (χ2n) is 6.30. The van der Waals surface area contributed by atoms with Crippen molar-refractivity contribution in [2.24, 2.45) is 0 Å². The molecule has 0 unspecified atom stereocenters. The fourth-order valence-electron chi connectivity index (χ4n) is 1.96. The smallest absolute Gasteiger partial charge is 0.374 e. The molecule has 0 spiro atoms. The Balaban J connectivity index is 2.18. The Labute approximate surface area is 146 Å². The zero-order valence-corrected chi connectivity index (χ0v) is 14.4. The molecule has 1 aromatic carbocycles. The van der Waals surface area contributed by atoms with Gasteiger partial charge in [-0.15, -0.1) is 0 Å². The third-order valence-corrected chi connectivity index (χ3v) is 3.04. The third-order valence-electron chi connectivity index (χ3n) is 3.04. The van der Waals surface area contributed by atoms with Crippen LogP contribution in [0.5, 0.6) is 5.88 Å². The van der Waals surface area contributed by atoms with E-state index in [4.69, 9.17) is 14.5 Å². The number of aromatic nitrogens is 2. The van der Waals surface area contributed by atoms with E-state index in [1.165, 1.54) is 0 Å². The van der Waals surface area contributed by atoms with E-state index in [-0.39, 0.29) is 18.9 Å². The number of hydrogen-bond donors (Lipinski definition) is 1. The Kier molecular flexibility index (Phi) is 5.74. The van der Waals surface area contributed by atoms with E-state index in [1.807, 2.05) is 30.3 Å². The van der Waals surface area contributed by atoms with Crippen molar-refractivity contribution >= 4 is 19.4 Å². The highest BCUT2D eigenvalue weighted by molar-refractivity contribution is 6.28. The number of aromatic carboxylic acids is 1. The zero-order chi connectivity index (χ0) is 18.4. The summed E-state index contributed by atoms with van der Waals surface area (Å²) in [5.74, 6) is -2.51. The average molecular weight is 342 g/mol. The van der Waals surface area contributed by atoms with Crippen molar-refractivity contribution in [1.82, 2.24) is 9.97 Å². The minimum absolute atomic E-state index is 0.00649. The molecule has 130 valence electrons. The van der Waals surface area contributed by atoms with Gasteiger partial charge in [-0.05, 0) is 27.1 Å². The molecular weight excluding hydrogens is 323 g/mol. The molecule has 0 bridgehead atoms. The molecule has 0 atom stereocenters. The number of carbonyl (C=O) groups is 2. The summed E-state index contributed by atoms with van der Waals surface area (Å²) in [5, 5.41) is 9.03. The molecule has 8 heteroatoms. The molecule has 0 radical (unpaired) electrons. The Morgan fingerprint density at radius 3 is 2.48 bits per heavy atom. The van der Waals surface area contributed by atoms with Crippen LogP contribution in [0.15, 0.2) is 36.5 Å². The number of carbonyl (C=O) groups excluding carboxylic acids is 1. The van der Waals surface area contributed by atoms with Crippen LogP contribution >= 0.6 is 0 Å². The van der Waals surface area contributed by atoms with Crippen molar-refractivity contribution in [3.63, 3.8) is 0 Å². The second kappa shape index (κ2) is 7.78. The predicted molar refractivity (Wildman–Crippen MR) is 92.1 cm³/mol. The maximum absolute atomic E-state index is 12.3. The maximum Gasteiger partial charge on any atom is 0.374 e. The van der Waals surface area contributed by atoms with Crippen LogP contribution in [0.4, 0.5) is 0 Å². The minimum atomic E-state index is -1.30. The molecule has 0 aliphatic heterocycles. The van der Waals surface area contributed by atoms with Crippen molar-refractivity contribution in [3.8, 4) is 5.88 Å². The van der Waals surface area contributed by atoms with Crippen LogP contribution < -0.4 is 4.65 Å². The van der Waals surface area contributed by atoms with Gasteiger partial charge < -0.3 is 14.5 Å². The Morgan fingerprint density at radius 2 is 1.88 bits per heavy atom. The molecule has 0 aliphatic rings. The van der Waals surface area contributed by atoms with Crippen LogP contribution in [-0.2, 0) is 11.1 Å². The van der Waals surface area contributed by atoms with Crippen LogP contribution in [0.25, 0.3) is 0 Å². The summed E-state index contributed by atoms with van der Waals surface area (Å²) in [6, 6.07) is 9.62. The van der Waals surface area contributed by atoms with Gasteiger partial charge in [0, 0.05) is 6.20 Å². The van der Waals surface area contributed by atoms with E-state index in [0.717, 1.165) is 11.8 Å². The molecule has 1 N–H and O–H groups in total. The highest BCUT2D eigenvalue weighted by atomic mass is 16.6. The first kappa shape index (κ1) is 18.4. The number of esters is 1. The van der Waals surface area contributed by atoms with Crippen LogP contribution in [0.3, 0.4) is 0 Å². The Hall–Kier alpha value is -2.90. The molecule has 7 nitrogen and oxygen atoms in total.